The molecule has 0 radical (unpaired) electrons. The third kappa shape index (κ3) is 1.62. The van der Waals surface area contributed by atoms with E-state index in [9.17, 15) is 10.1 Å². The molecule has 0 spiro atoms. The molecule has 0 amide bonds. The fourth-order valence-electron chi connectivity index (χ4n) is 1.09. The fraction of sp³-hybridized carbons (Fsp3) is 0.250. The molecule has 0 N–H and O–H groups in total. The van der Waals surface area contributed by atoms with Crippen LogP contribution in [0, 0.1) is 29.4 Å². The molecule has 1 aromatic rings. The minimum absolute atomic E-state index is 0.0462. The summed E-state index contributed by atoms with van der Waals surface area (Å²) in [7, 11) is 0. The zero-order valence-electron chi connectivity index (χ0n) is 7.31. The highest BCUT2D eigenvalue weighted by molar-refractivity contribution is 5.59. The quantitative estimate of drug-likeness (QED) is 0.377. The Morgan fingerprint density at radius 2 is 2.00 bits per heavy atom. The van der Waals surface area contributed by atoms with Crippen LogP contribution in [0.4, 0.5) is 11.4 Å². The molecule has 0 fully saturated rings. The Hall–Kier alpha value is -1.96. The first kappa shape index (κ1) is 9.13. The molecule has 0 aliphatic carbocycles. The van der Waals surface area contributed by atoms with Crippen LogP contribution in [-0.2, 0) is 0 Å². The molecular weight excluding hydrogens is 170 g/mol. The summed E-state index contributed by atoms with van der Waals surface area (Å²) in [6.07, 6.45) is 0. The summed E-state index contributed by atoms with van der Waals surface area (Å²) in [5.41, 5.74) is 1.48. The number of aryl methyl sites for hydroxylation is 2. The first-order valence-electron chi connectivity index (χ1n) is 3.67. The van der Waals surface area contributed by atoms with Gasteiger partial charge in [0.25, 0.3) is 5.69 Å². The normalized spacial score (nSPS) is 9.31. The van der Waals surface area contributed by atoms with Crippen molar-refractivity contribution in [3.63, 3.8) is 0 Å². The number of nitro benzene ring substituents is 1. The van der Waals surface area contributed by atoms with Crippen molar-refractivity contribution in [3.8, 4) is 0 Å². The fourth-order valence-corrected chi connectivity index (χ4v) is 1.09. The van der Waals surface area contributed by atoms with E-state index >= 15 is 0 Å². The van der Waals surface area contributed by atoms with E-state index in [1.807, 2.05) is 0 Å². The Kier molecular flexibility index (Phi) is 2.24. The Bertz CT molecular complexity index is 407. The van der Waals surface area contributed by atoms with Gasteiger partial charge in [0.15, 0.2) is 4.98 Å². The van der Waals surface area contributed by atoms with Gasteiger partial charge in [0, 0.05) is 17.7 Å². The van der Waals surface area contributed by atoms with Crippen molar-refractivity contribution in [2.24, 2.45) is 0 Å². The standard InChI is InChI=1S/C8H8N3O2/c1-5-4-8(11(12)13)6(2)3-7(5)10-9/h3-4H,1-2H3/q+1. The van der Waals surface area contributed by atoms with Gasteiger partial charge in [0.2, 0.25) is 5.39 Å². The lowest BCUT2D eigenvalue weighted by Gasteiger charge is -1.94. The molecule has 0 unspecified atom stereocenters. The molecule has 5 heteroatoms. The van der Waals surface area contributed by atoms with Gasteiger partial charge >= 0.3 is 5.69 Å². The number of hydrogen-bond donors (Lipinski definition) is 0. The number of nitrogens with zero attached hydrogens (tertiary/aromatic N) is 3. The second-order valence-electron chi connectivity index (χ2n) is 2.78. The molecule has 1 rings (SSSR count). The number of benzene rings is 1. The molecule has 5 nitrogen and oxygen atoms in total. The van der Waals surface area contributed by atoms with E-state index in [4.69, 9.17) is 5.39 Å². The van der Waals surface area contributed by atoms with Gasteiger partial charge in [-0.15, -0.1) is 0 Å². The highest BCUT2D eigenvalue weighted by Gasteiger charge is 2.18. The molecule has 0 bridgehead atoms. The van der Waals surface area contributed by atoms with Gasteiger partial charge in [-0.05, 0) is 13.8 Å². The summed E-state index contributed by atoms with van der Waals surface area (Å²) in [6, 6.07) is 2.87. The van der Waals surface area contributed by atoms with Crippen LogP contribution in [0.2, 0.25) is 0 Å². The van der Waals surface area contributed by atoms with E-state index in [-0.39, 0.29) is 5.69 Å². The molecule has 0 aliphatic heterocycles. The lowest BCUT2D eigenvalue weighted by Crippen LogP contribution is -1.92. The van der Waals surface area contributed by atoms with E-state index in [1.54, 1.807) is 13.8 Å². The predicted molar refractivity (Wildman–Crippen MR) is 47.3 cm³/mol. The zero-order chi connectivity index (χ0) is 10.0. The third-order valence-electron chi connectivity index (χ3n) is 1.82. The lowest BCUT2D eigenvalue weighted by molar-refractivity contribution is -0.385. The Morgan fingerprint density at radius 1 is 1.38 bits per heavy atom. The largest absolute Gasteiger partial charge is 0.388 e. The van der Waals surface area contributed by atoms with Crippen LogP contribution >= 0.6 is 0 Å². The van der Waals surface area contributed by atoms with Gasteiger partial charge in [0.05, 0.1) is 10.5 Å². The van der Waals surface area contributed by atoms with Crippen molar-refractivity contribution >= 4 is 11.4 Å². The Morgan fingerprint density at radius 3 is 2.46 bits per heavy atom. The molecule has 1 aromatic carbocycles. The summed E-state index contributed by atoms with van der Waals surface area (Å²) in [4.78, 5) is 13.0. The lowest BCUT2D eigenvalue weighted by atomic mass is 10.1. The molecular formula is C8H8N3O2+. The number of diazo groups is 1. The van der Waals surface area contributed by atoms with E-state index in [2.05, 4.69) is 4.98 Å². The predicted octanol–water partition coefficient (Wildman–Crippen LogP) is 2.70. The average Bonchev–Trinajstić information content (AvgIpc) is 2.07. The molecule has 0 heterocycles. The first-order chi connectivity index (χ1) is 6.06. The zero-order valence-corrected chi connectivity index (χ0v) is 7.31. The smallest absolute Gasteiger partial charge is 0.258 e. The van der Waals surface area contributed by atoms with Crippen LogP contribution in [0.3, 0.4) is 0 Å². The third-order valence-corrected chi connectivity index (χ3v) is 1.82. The SMILES string of the molecule is Cc1cc([N+](=O)[O-])c(C)cc1[N+]#N. The van der Waals surface area contributed by atoms with Crippen molar-refractivity contribution < 1.29 is 4.92 Å². The molecule has 0 saturated heterocycles. The maximum absolute atomic E-state index is 10.5. The van der Waals surface area contributed by atoms with E-state index in [0.717, 1.165) is 0 Å². The van der Waals surface area contributed by atoms with E-state index in [1.165, 1.54) is 12.1 Å². The molecule has 13 heavy (non-hydrogen) atoms. The number of nitro groups is 1. The highest BCUT2D eigenvalue weighted by Crippen LogP contribution is 2.27. The van der Waals surface area contributed by atoms with E-state index < -0.39 is 4.92 Å². The second-order valence-corrected chi connectivity index (χ2v) is 2.78. The Balaban J connectivity index is 3.39. The van der Waals surface area contributed by atoms with Crippen LogP contribution in [0.15, 0.2) is 12.1 Å². The molecule has 0 saturated carbocycles. The average molecular weight is 178 g/mol. The highest BCUT2D eigenvalue weighted by atomic mass is 16.6. The van der Waals surface area contributed by atoms with E-state index in [0.29, 0.717) is 16.8 Å². The van der Waals surface area contributed by atoms with Gasteiger partial charge in [-0.1, -0.05) is 0 Å². The molecule has 66 valence electrons. The van der Waals surface area contributed by atoms with Gasteiger partial charge in [0.1, 0.15) is 0 Å². The molecule has 0 aliphatic rings. The van der Waals surface area contributed by atoms with Crippen molar-refractivity contribution in [2.45, 2.75) is 13.8 Å². The van der Waals surface area contributed by atoms with Crippen LogP contribution in [0.5, 0.6) is 0 Å². The van der Waals surface area contributed by atoms with Crippen LogP contribution < -0.4 is 0 Å². The minimum atomic E-state index is -0.455. The van der Waals surface area contributed by atoms with Gasteiger partial charge < -0.3 is 0 Å². The minimum Gasteiger partial charge on any atom is -0.258 e. The van der Waals surface area contributed by atoms with Crippen LogP contribution in [0.25, 0.3) is 4.98 Å². The summed E-state index contributed by atoms with van der Waals surface area (Å²) >= 11 is 0. The van der Waals surface area contributed by atoms with Crippen molar-refractivity contribution in [3.05, 3.63) is 38.3 Å². The van der Waals surface area contributed by atoms with Gasteiger partial charge in [-0.2, -0.15) is 0 Å². The maximum Gasteiger partial charge on any atom is 0.388 e. The monoisotopic (exact) mass is 178 g/mol. The van der Waals surface area contributed by atoms with Crippen molar-refractivity contribution in [2.75, 3.05) is 0 Å². The van der Waals surface area contributed by atoms with Gasteiger partial charge in [-0.25, -0.2) is 0 Å². The van der Waals surface area contributed by atoms with Gasteiger partial charge in [-0.3, -0.25) is 10.1 Å². The first-order valence-corrected chi connectivity index (χ1v) is 3.67. The maximum atomic E-state index is 10.5. The Labute approximate surface area is 74.8 Å². The van der Waals surface area contributed by atoms with Crippen LogP contribution in [0.1, 0.15) is 11.1 Å². The second kappa shape index (κ2) is 3.19. The summed E-state index contributed by atoms with van der Waals surface area (Å²) < 4.78 is 0. The van der Waals surface area contributed by atoms with Crippen molar-refractivity contribution in [1.82, 2.24) is 0 Å². The summed E-state index contributed by atoms with van der Waals surface area (Å²) in [5, 5.41) is 19.0. The molecule has 0 aromatic heterocycles. The number of rotatable bonds is 1. The topological polar surface area (TPSA) is 71.3 Å². The van der Waals surface area contributed by atoms with Crippen LogP contribution in [-0.4, -0.2) is 4.92 Å². The number of hydrogen-bond acceptors (Lipinski definition) is 3. The summed E-state index contributed by atoms with van der Waals surface area (Å²) in [6.45, 7) is 3.26. The molecule has 0 atom stereocenters. The summed E-state index contributed by atoms with van der Waals surface area (Å²) in [5.74, 6) is 0. The van der Waals surface area contributed by atoms with Crippen molar-refractivity contribution in [1.29, 1.82) is 5.39 Å².